The monoisotopic (exact) mass is 282 g/mol. The average molecular weight is 282 g/mol. The molecule has 0 saturated carbocycles. The second-order valence-electron chi connectivity index (χ2n) is 4.72. The molecule has 1 aliphatic rings. The lowest BCUT2D eigenvalue weighted by atomic mass is 10.1. The van der Waals surface area contributed by atoms with Gasteiger partial charge in [0.1, 0.15) is 0 Å². The number of rotatable bonds is 2. The molecule has 0 aliphatic carbocycles. The highest BCUT2D eigenvalue weighted by atomic mass is 32.2. The molecule has 0 aromatic heterocycles. The number of anilines is 1. The molecule has 0 unspecified atom stereocenters. The summed E-state index contributed by atoms with van der Waals surface area (Å²) in [6.07, 6.45) is 0. The van der Waals surface area contributed by atoms with Crippen molar-refractivity contribution in [1.82, 2.24) is 4.90 Å². The molecule has 5 nitrogen and oxygen atoms in total. The highest BCUT2D eigenvalue weighted by Gasteiger charge is 2.26. The number of nitrogens with one attached hydrogen (secondary N) is 1. The molecule has 1 amide bonds. The molecule has 0 atom stereocenters. The van der Waals surface area contributed by atoms with Crippen LogP contribution in [0.3, 0.4) is 0 Å². The van der Waals surface area contributed by atoms with E-state index in [2.05, 4.69) is 5.32 Å². The number of hydrogen-bond donors (Lipinski definition) is 1. The van der Waals surface area contributed by atoms with Crippen molar-refractivity contribution in [2.45, 2.75) is 6.92 Å². The topological polar surface area (TPSA) is 66.5 Å². The number of hydrogen-bond acceptors (Lipinski definition) is 4. The van der Waals surface area contributed by atoms with E-state index in [4.69, 9.17) is 0 Å². The fourth-order valence-electron chi connectivity index (χ4n) is 2.14. The molecule has 1 heterocycles. The minimum absolute atomic E-state index is 0.0619. The van der Waals surface area contributed by atoms with E-state index in [1.54, 1.807) is 11.0 Å². The molecule has 0 bridgehead atoms. The van der Waals surface area contributed by atoms with Gasteiger partial charge in [-0.05, 0) is 30.7 Å². The van der Waals surface area contributed by atoms with E-state index in [0.29, 0.717) is 5.56 Å². The smallest absolute Gasteiger partial charge is 0.254 e. The van der Waals surface area contributed by atoms with Gasteiger partial charge in [-0.2, -0.15) is 0 Å². The minimum atomic E-state index is -2.96. The molecule has 1 aromatic carbocycles. The Hall–Kier alpha value is -1.56. The normalized spacial score (nSPS) is 18.1. The predicted octanol–water partition coefficient (Wildman–Crippen LogP) is 0.907. The van der Waals surface area contributed by atoms with Crippen molar-refractivity contribution >= 4 is 21.4 Å². The first kappa shape index (κ1) is 13.9. The standard InChI is InChI=1S/C13H18N2O3S/c1-10-9-11(14-2)3-4-12(10)13(16)15-5-7-19(17,18)8-6-15/h3-4,9,14H,5-8H2,1-2H3. The van der Waals surface area contributed by atoms with E-state index in [1.807, 2.05) is 26.1 Å². The van der Waals surface area contributed by atoms with Crippen LogP contribution in [0.4, 0.5) is 5.69 Å². The van der Waals surface area contributed by atoms with Gasteiger partial charge in [0.15, 0.2) is 9.84 Å². The molecule has 104 valence electrons. The summed E-state index contributed by atoms with van der Waals surface area (Å²) in [7, 11) is -1.13. The average Bonchev–Trinajstić information content (AvgIpc) is 2.37. The number of carbonyl (C=O) groups is 1. The van der Waals surface area contributed by atoms with Crippen LogP contribution in [0.1, 0.15) is 15.9 Å². The Morgan fingerprint density at radius 1 is 1.26 bits per heavy atom. The summed E-state index contributed by atoms with van der Waals surface area (Å²) < 4.78 is 22.7. The SMILES string of the molecule is CNc1ccc(C(=O)N2CCS(=O)(=O)CC2)c(C)c1. The van der Waals surface area contributed by atoms with E-state index in [-0.39, 0.29) is 30.5 Å². The summed E-state index contributed by atoms with van der Waals surface area (Å²) in [6, 6.07) is 5.54. The second-order valence-corrected chi connectivity index (χ2v) is 7.03. The van der Waals surface area contributed by atoms with Crippen LogP contribution in [-0.2, 0) is 9.84 Å². The van der Waals surface area contributed by atoms with E-state index in [0.717, 1.165) is 11.3 Å². The number of sulfone groups is 1. The third-order valence-electron chi connectivity index (χ3n) is 3.38. The van der Waals surface area contributed by atoms with Gasteiger partial charge < -0.3 is 10.2 Å². The summed E-state index contributed by atoms with van der Waals surface area (Å²) in [6.45, 7) is 2.46. The van der Waals surface area contributed by atoms with Crippen molar-refractivity contribution in [2.24, 2.45) is 0 Å². The first-order chi connectivity index (χ1) is 8.93. The second kappa shape index (κ2) is 5.21. The van der Waals surface area contributed by atoms with Crippen LogP contribution in [0.25, 0.3) is 0 Å². The number of aryl methyl sites for hydroxylation is 1. The Labute approximate surface area is 113 Å². The van der Waals surface area contributed by atoms with Gasteiger partial charge in [-0.3, -0.25) is 4.79 Å². The number of amides is 1. The first-order valence-corrected chi connectivity index (χ1v) is 8.03. The zero-order valence-electron chi connectivity index (χ0n) is 11.1. The molecular formula is C13H18N2O3S. The van der Waals surface area contributed by atoms with Gasteiger partial charge >= 0.3 is 0 Å². The molecule has 1 N–H and O–H groups in total. The maximum Gasteiger partial charge on any atom is 0.254 e. The predicted molar refractivity (Wildman–Crippen MR) is 75.3 cm³/mol. The van der Waals surface area contributed by atoms with E-state index in [9.17, 15) is 13.2 Å². The van der Waals surface area contributed by atoms with Crippen LogP contribution in [0.2, 0.25) is 0 Å². The van der Waals surface area contributed by atoms with Crippen molar-refractivity contribution in [2.75, 3.05) is 37.0 Å². The van der Waals surface area contributed by atoms with Crippen LogP contribution in [0.15, 0.2) is 18.2 Å². The third kappa shape index (κ3) is 3.07. The van der Waals surface area contributed by atoms with E-state index in [1.165, 1.54) is 0 Å². The first-order valence-electron chi connectivity index (χ1n) is 6.21. The maximum atomic E-state index is 12.3. The summed E-state index contributed by atoms with van der Waals surface area (Å²) >= 11 is 0. The van der Waals surface area contributed by atoms with Crippen molar-refractivity contribution in [3.05, 3.63) is 29.3 Å². The highest BCUT2D eigenvalue weighted by molar-refractivity contribution is 7.91. The van der Waals surface area contributed by atoms with E-state index < -0.39 is 9.84 Å². The number of benzene rings is 1. The summed E-state index contributed by atoms with van der Waals surface area (Å²) in [5.74, 6) is 0.0359. The maximum absolute atomic E-state index is 12.3. The molecule has 0 radical (unpaired) electrons. The molecule has 1 fully saturated rings. The molecule has 2 rings (SSSR count). The van der Waals surface area contributed by atoms with Gasteiger partial charge in [0, 0.05) is 31.4 Å². The fourth-order valence-corrected chi connectivity index (χ4v) is 3.35. The number of carbonyl (C=O) groups excluding carboxylic acids is 1. The quantitative estimate of drug-likeness (QED) is 0.875. The number of nitrogens with zero attached hydrogens (tertiary/aromatic N) is 1. The van der Waals surface area contributed by atoms with Crippen molar-refractivity contribution in [1.29, 1.82) is 0 Å². The Kier molecular flexibility index (Phi) is 3.80. The Bertz CT molecular complexity index is 582. The molecule has 0 spiro atoms. The molecule has 6 heteroatoms. The highest BCUT2D eigenvalue weighted by Crippen LogP contribution is 2.17. The van der Waals surface area contributed by atoms with Gasteiger partial charge in [-0.1, -0.05) is 0 Å². The van der Waals surface area contributed by atoms with Crippen LogP contribution in [-0.4, -0.2) is 50.9 Å². The zero-order valence-corrected chi connectivity index (χ0v) is 12.0. The molecule has 1 aromatic rings. The summed E-state index contributed by atoms with van der Waals surface area (Å²) in [5, 5.41) is 3.02. The van der Waals surface area contributed by atoms with Crippen molar-refractivity contribution < 1.29 is 13.2 Å². The van der Waals surface area contributed by atoms with Crippen LogP contribution >= 0.6 is 0 Å². The van der Waals surface area contributed by atoms with Crippen LogP contribution < -0.4 is 5.32 Å². The molecular weight excluding hydrogens is 264 g/mol. The lowest BCUT2D eigenvalue weighted by Gasteiger charge is -2.27. The summed E-state index contributed by atoms with van der Waals surface area (Å²) in [5.41, 5.74) is 2.49. The Balaban J connectivity index is 2.16. The Morgan fingerprint density at radius 2 is 1.89 bits per heavy atom. The van der Waals surface area contributed by atoms with Gasteiger partial charge in [0.2, 0.25) is 0 Å². The van der Waals surface area contributed by atoms with Crippen LogP contribution in [0.5, 0.6) is 0 Å². The largest absolute Gasteiger partial charge is 0.388 e. The molecule has 1 saturated heterocycles. The fraction of sp³-hybridized carbons (Fsp3) is 0.462. The van der Waals surface area contributed by atoms with Gasteiger partial charge in [0.25, 0.3) is 5.91 Å². The molecule has 19 heavy (non-hydrogen) atoms. The lowest BCUT2D eigenvalue weighted by molar-refractivity contribution is 0.0769. The molecule has 1 aliphatic heterocycles. The minimum Gasteiger partial charge on any atom is -0.388 e. The van der Waals surface area contributed by atoms with Crippen molar-refractivity contribution in [3.8, 4) is 0 Å². The lowest BCUT2D eigenvalue weighted by Crippen LogP contribution is -2.43. The zero-order chi connectivity index (χ0) is 14.0. The van der Waals surface area contributed by atoms with Crippen molar-refractivity contribution in [3.63, 3.8) is 0 Å². The summed E-state index contributed by atoms with van der Waals surface area (Å²) in [4.78, 5) is 14.0. The van der Waals surface area contributed by atoms with Gasteiger partial charge in [-0.25, -0.2) is 8.42 Å². The third-order valence-corrected chi connectivity index (χ3v) is 4.99. The van der Waals surface area contributed by atoms with Gasteiger partial charge in [-0.15, -0.1) is 0 Å². The Morgan fingerprint density at radius 3 is 2.42 bits per heavy atom. The van der Waals surface area contributed by atoms with Gasteiger partial charge in [0.05, 0.1) is 11.5 Å². The van der Waals surface area contributed by atoms with Crippen LogP contribution in [0, 0.1) is 6.92 Å². The van der Waals surface area contributed by atoms with E-state index >= 15 is 0 Å².